The number of halogens is 2. The summed E-state index contributed by atoms with van der Waals surface area (Å²) in [4.78, 5) is 11.7. The van der Waals surface area contributed by atoms with Crippen molar-refractivity contribution >= 4 is 34.2 Å². The molecule has 0 radical (unpaired) electrons. The first kappa shape index (κ1) is 15.5. The molecule has 0 spiro atoms. The number of hydrogen-bond acceptors (Lipinski definition) is 2. The number of hydrogen-bond donors (Lipinski definition) is 2. The van der Waals surface area contributed by atoms with Gasteiger partial charge in [0.25, 0.3) is 5.91 Å². The molecule has 0 unspecified atom stereocenters. The van der Waals surface area contributed by atoms with Crippen LogP contribution < -0.4 is 11.1 Å². The molecule has 1 amide bonds. The van der Waals surface area contributed by atoms with Crippen LogP contribution in [0.1, 0.15) is 24.3 Å². The van der Waals surface area contributed by atoms with Crippen LogP contribution in [0.5, 0.6) is 0 Å². The Kier molecular flexibility index (Phi) is 5.52. The number of nitrogens with one attached hydrogen (secondary N) is 1. The number of carbonyl (C=O) groups is 1. The fourth-order valence-electron chi connectivity index (χ4n) is 1.15. The van der Waals surface area contributed by atoms with Gasteiger partial charge in [-0.15, -0.1) is 12.4 Å². The van der Waals surface area contributed by atoms with Crippen molar-refractivity contribution < 1.29 is 4.79 Å². The van der Waals surface area contributed by atoms with E-state index in [4.69, 9.17) is 5.73 Å². The maximum Gasteiger partial charge on any atom is 0.267 e. The second kappa shape index (κ2) is 5.70. The predicted octanol–water partition coefficient (Wildman–Crippen LogP) is 1.68. The Morgan fingerprint density at radius 2 is 2.19 bits per heavy atom. The number of nitrogens with zero attached hydrogens (tertiary/aromatic N) is 1. The van der Waals surface area contributed by atoms with Gasteiger partial charge in [-0.25, -0.2) is 0 Å². The summed E-state index contributed by atoms with van der Waals surface area (Å²) in [6.07, 6.45) is 1.84. The monoisotopic (exact) mass is 309 g/mol. The van der Waals surface area contributed by atoms with Gasteiger partial charge in [0.15, 0.2) is 0 Å². The summed E-state index contributed by atoms with van der Waals surface area (Å²) in [7, 11) is 1.83. The zero-order valence-electron chi connectivity index (χ0n) is 9.58. The van der Waals surface area contributed by atoms with E-state index in [0.29, 0.717) is 12.2 Å². The number of amides is 1. The van der Waals surface area contributed by atoms with Gasteiger partial charge in [0, 0.05) is 29.8 Å². The Bertz CT molecular complexity index is 371. The first-order valence-electron chi connectivity index (χ1n) is 4.68. The Labute approximate surface area is 110 Å². The average Bonchev–Trinajstić information content (AvgIpc) is 2.40. The van der Waals surface area contributed by atoms with E-state index in [1.807, 2.05) is 27.1 Å². The number of aromatic nitrogens is 1. The molecule has 0 saturated heterocycles. The Balaban J connectivity index is 0.00000225. The van der Waals surface area contributed by atoms with E-state index in [1.54, 1.807) is 10.6 Å². The maximum absolute atomic E-state index is 11.7. The van der Waals surface area contributed by atoms with Crippen LogP contribution in [0.15, 0.2) is 16.7 Å². The van der Waals surface area contributed by atoms with Crippen molar-refractivity contribution in [2.75, 3.05) is 6.54 Å². The van der Waals surface area contributed by atoms with E-state index in [1.165, 1.54) is 0 Å². The van der Waals surface area contributed by atoms with Gasteiger partial charge in [-0.05, 0) is 35.8 Å². The number of nitrogens with two attached hydrogens (primary N) is 1. The van der Waals surface area contributed by atoms with Gasteiger partial charge >= 0.3 is 0 Å². The van der Waals surface area contributed by atoms with E-state index in [2.05, 4.69) is 21.2 Å². The first-order valence-corrected chi connectivity index (χ1v) is 5.48. The molecule has 1 rings (SSSR count). The molecule has 0 aliphatic carbocycles. The second-order valence-corrected chi connectivity index (χ2v) is 5.24. The van der Waals surface area contributed by atoms with Gasteiger partial charge in [0.2, 0.25) is 0 Å². The number of carbonyl (C=O) groups excluding carboxylic acids is 1. The van der Waals surface area contributed by atoms with Crippen molar-refractivity contribution in [3.8, 4) is 0 Å². The minimum atomic E-state index is -0.391. The summed E-state index contributed by atoms with van der Waals surface area (Å²) in [6.45, 7) is 4.19. The summed E-state index contributed by atoms with van der Waals surface area (Å²) in [5, 5.41) is 2.79. The fourth-order valence-corrected chi connectivity index (χ4v) is 1.67. The largest absolute Gasteiger partial charge is 0.349 e. The van der Waals surface area contributed by atoms with Gasteiger partial charge < -0.3 is 15.6 Å². The van der Waals surface area contributed by atoms with Crippen molar-refractivity contribution in [1.82, 2.24) is 9.88 Å². The standard InChI is InChI=1S/C10H16BrN3O.ClH/c1-10(2,12)6-13-9(15)8-4-7(11)5-14(8)3;/h4-5H,6,12H2,1-3H3,(H,13,15);1H. The molecule has 1 aromatic rings. The normalized spacial score (nSPS) is 10.8. The SMILES string of the molecule is Cl.Cn1cc(Br)cc1C(=O)NCC(C)(C)N. The summed E-state index contributed by atoms with van der Waals surface area (Å²) >= 11 is 3.32. The Morgan fingerprint density at radius 1 is 1.62 bits per heavy atom. The van der Waals surface area contributed by atoms with Crippen LogP contribution in [0.4, 0.5) is 0 Å². The summed E-state index contributed by atoms with van der Waals surface area (Å²) in [5.41, 5.74) is 6.00. The van der Waals surface area contributed by atoms with E-state index >= 15 is 0 Å². The molecule has 0 atom stereocenters. The van der Waals surface area contributed by atoms with Crippen LogP contribution >= 0.6 is 28.3 Å². The van der Waals surface area contributed by atoms with Crippen molar-refractivity contribution in [2.24, 2.45) is 12.8 Å². The highest BCUT2D eigenvalue weighted by Gasteiger charge is 2.15. The van der Waals surface area contributed by atoms with Gasteiger partial charge in [0.05, 0.1) is 0 Å². The zero-order chi connectivity index (χ0) is 11.6. The topological polar surface area (TPSA) is 60.0 Å². The molecule has 4 nitrogen and oxygen atoms in total. The Hall–Kier alpha value is -0.520. The molecule has 0 saturated carbocycles. The lowest BCUT2D eigenvalue weighted by Crippen LogP contribution is -2.45. The molecular formula is C10H17BrClN3O. The third-order valence-corrected chi connectivity index (χ3v) is 2.34. The molecule has 0 fully saturated rings. The van der Waals surface area contributed by atoms with E-state index < -0.39 is 5.54 Å². The highest BCUT2D eigenvalue weighted by molar-refractivity contribution is 9.10. The maximum atomic E-state index is 11.7. The third kappa shape index (κ3) is 4.55. The molecule has 0 aliphatic rings. The molecule has 16 heavy (non-hydrogen) atoms. The lowest BCUT2D eigenvalue weighted by atomic mass is 10.1. The summed E-state index contributed by atoms with van der Waals surface area (Å²) in [6, 6.07) is 1.78. The van der Waals surface area contributed by atoms with Crippen molar-refractivity contribution in [3.05, 3.63) is 22.4 Å². The van der Waals surface area contributed by atoms with Gasteiger partial charge in [-0.2, -0.15) is 0 Å². The molecule has 0 bridgehead atoms. The second-order valence-electron chi connectivity index (χ2n) is 4.33. The van der Waals surface area contributed by atoms with Crippen molar-refractivity contribution in [3.63, 3.8) is 0 Å². The smallest absolute Gasteiger partial charge is 0.267 e. The summed E-state index contributed by atoms with van der Waals surface area (Å²) < 4.78 is 2.66. The molecule has 92 valence electrons. The average molecular weight is 311 g/mol. The van der Waals surface area contributed by atoms with Crippen LogP contribution in [0.25, 0.3) is 0 Å². The minimum Gasteiger partial charge on any atom is -0.349 e. The summed E-state index contributed by atoms with van der Waals surface area (Å²) in [5.74, 6) is -0.110. The van der Waals surface area contributed by atoms with Crippen molar-refractivity contribution in [1.29, 1.82) is 0 Å². The lowest BCUT2D eigenvalue weighted by molar-refractivity contribution is 0.0938. The molecule has 1 heterocycles. The third-order valence-electron chi connectivity index (χ3n) is 1.91. The highest BCUT2D eigenvalue weighted by Crippen LogP contribution is 2.13. The van der Waals surface area contributed by atoms with E-state index in [0.717, 1.165) is 4.47 Å². The van der Waals surface area contributed by atoms with Crippen molar-refractivity contribution in [2.45, 2.75) is 19.4 Å². The molecular weight excluding hydrogens is 293 g/mol. The number of aryl methyl sites for hydroxylation is 1. The first-order chi connectivity index (χ1) is 6.79. The van der Waals surface area contributed by atoms with Gasteiger partial charge in [-0.1, -0.05) is 0 Å². The molecule has 0 aliphatic heterocycles. The van der Waals surface area contributed by atoms with Crippen LogP contribution in [0.3, 0.4) is 0 Å². The molecule has 1 aromatic heterocycles. The Morgan fingerprint density at radius 3 is 2.56 bits per heavy atom. The highest BCUT2D eigenvalue weighted by atomic mass is 79.9. The van der Waals surface area contributed by atoms with E-state index in [9.17, 15) is 4.79 Å². The van der Waals surface area contributed by atoms with Crippen LogP contribution in [-0.4, -0.2) is 22.6 Å². The number of rotatable bonds is 3. The van der Waals surface area contributed by atoms with Gasteiger partial charge in [0.1, 0.15) is 5.69 Å². The predicted molar refractivity (Wildman–Crippen MR) is 71.0 cm³/mol. The zero-order valence-corrected chi connectivity index (χ0v) is 12.0. The van der Waals surface area contributed by atoms with Crippen LogP contribution in [-0.2, 0) is 7.05 Å². The molecule has 0 aromatic carbocycles. The minimum absolute atomic E-state index is 0. The molecule has 3 N–H and O–H groups in total. The van der Waals surface area contributed by atoms with Crippen LogP contribution in [0, 0.1) is 0 Å². The van der Waals surface area contributed by atoms with Gasteiger partial charge in [-0.3, -0.25) is 4.79 Å². The van der Waals surface area contributed by atoms with E-state index in [-0.39, 0.29) is 18.3 Å². The van der Waals surface area contributed by atoms with Crippen LogP contribution in [0.2, 0.25) is 0 Å². The lowest BCUT2D eigenvalue weighted by Gasteiger charge is -2.18. The fraction of sp³-hybridized carbons (Fsp3) is 0.500. The molecule has 6 heteroatoms. The quantitative estimate of drug-likeness (QED) is 0.892.